The Morgan fingerprint density at radius 1 is 1.00 bits per heavy atom. The highest BCUT2D eigenvalue weighted by Gasteiger charge is 2.55. The van der Waals surface area contributed by atoms with E-state index >= 15 is 0 Å². The lowest BCUT2D eigenvalue weighted by Crippen LogP contribution is -2.60. The van der Waals surface area contributed by atoms with Crippen LogP contribution in [0.1, 0.15) is 77.6 Å². The largest absolute Gasteiger partial charge is 0.271 e. The number of hydrazine groups is 1. The second-order valence-corrected chi connectivity index (χ2v) is 9.13. The average molecular weight is 290 g/mol. The molecule has 5 fully saturated rings. The summed E-state index contributed by atoms with van der Waals surface area (Å²) in [5, 5.41) is 0. The van der Waals surface area contributed by atoms with Crippen LogP contribution in [0.25, 0.3) is 0 Å². The van der Waals surface area contributed by atoms with Crippen LogP contribution in [0.3, 0.4) is 0 Å². The van der Waals surface area contributed by atoms with Gasteiger partial charge < -0.3 is 0 Å². The van der Waals surface area contributed by atoms with Crippen LogP contribution >= 0.6 is 0 Å². The maximum Gasteiger partial charge on any atom is 0.0295 e. The molecule has 5 aliphatic rings. The van der Waals surface area contributed by atoms with Crippen LogP contribution in [-0.4, -0.2) is 6.04 Å². The molecule has 0 aromatic rings. The van der Waals surface area contributed by atoms with Crippen molar-refractivity contribution in [3.63, 3.8) is 0 Å². The molecule has 120 valence electrons. The van der Waals surface area contributed by atoms with E-state index in [1.807, 2.05) is 0 Å². The van der Waals surface area contributed by atoms with Crippen LogP contribution in [0.5, 0.6) is 0 Å². The predicted molar refractivity (Wildman–Crippen MR) is 87.5 cm³/mol. The Kier molecular flexibility index (Phi) is 3.82. The van der Waals surface area contributed by atoms with Gasteiger partial charge in [0.2, 0.25) is 0 Å². The van der Waals surface area contributed by atoms with Gasteiger partial charge in [-0.2, -0.15) is 0 Å². The molecule has 21 heavy (non-hydrogen) atoms. The molecule has 0 aromatic heterocycles. The SMILES string of the molecule is CCC1CCCC(C(NN)C23CC4CC(CC(C4)C2)C3)C1. The van der Waals surface area contributed by atoms with E-state index in [9.17, 15) is 0 Å². The Bertz CT molecular complexity index is 342. The molecule has 0 heterocycles. The third-order valence-corrected chi connectivity index (χ3v) is 7.80. The summed E-state index contributed by atoms with van der Waals surface area (Å²) in [6, 6.07) is 0.611. The van der Waals surface area contributed by atoms with Crippen LogP contribution in [0.15, 0.2) is 0 Å². The monoisotopic (exact) mass is 290 g/mol. The van der Waals surface area contributed by atoms with E-state index in [1.165, 1.54) is 70.6 Å². The second kappa shape index (κ2) is 5.53. The Balaban J connectivity index is 1.55. The first-order valence-electron chi connectivity index (χ1n) is 9.68. The Morgan fingerprint density at radius 3 is 2.14 bits per heavy atom. The van der Waals surface area contributed by atoms with Crippen molar-refractivity contribution in [2.45, 2.75) is 83.6 Å². The van der Waals surface area contributed by atoms with Gasteiger partial charge in [-0.05, 0) is 86.4 Å². The zero-order chi connectivity index (χ0) is 14.4. The first-order valence-corrected chi connectivity index (χ1v) is 9.68. The van der Waals surface area contributed by atoms with Crippen molar-refractivity contribution in [2.75, 3.05) is 0 Å². The molecule has 0 amide bonds. The van der Waals surface area contributed by atoms with Crippen molar-refractivity contribution in [1.29, 1.82) is 0 Å². The second-order valence-electron chi connectivity index (χ2n) is 9.13. The number of hydrogen-bond acceptors (Lipinski definition) is 2. The first-order chi connectivity index (χ1) is 10.2. The van der Waals surface area contributed by atoms with Crippen LogP contribution in [0.2, 0.25) is 0 Å². The summed E-state index contributed by atoms with van der Waals surface area (Å²) >= 11 is 0. The van der Waals surface area contributed by atoms with E-state index in [1.54, 1.807) is 0 Å². The molecule has 5 saturated carbocycles. The Labute approximate surface area is 130 Å². The van der Waals surface area contributed by atoms with Gasteiger partial charge in [0.15, 0.2) is 0 Å². The third-order valence-electron chi connectivity index (χ3n) is 7.80. The normalized spacial score (nSPS) is 50.3. The van der Waals surface area contributed by atoms with Gasteiger partial charge >= 0.3 is 0 Å². The molecule has 0 aliphatic heterocycles. The van der Waals surface area contributed by atoms with Gasteiger partial charge in [0.1, 0.15) is 0 Å². The molecule has 2 nitrogen and oxygen atoms in total. The van der Waals surface area contributed by atoms with E-state index in [0.29, 0.717) is 11.5 Å². The molecule has 0 spiro atoms. The standard InChI is InChI=1S/C19H34N2/c1-2-13-4-3-5-17(9-13)18(21-20)19-10-14-6-15(11-19)8-16(7-14)12-19/h13-18,21H,2-12,20H2,1H3. The molecular formula is C19H34N2. The first kappa shape index (κ1) is 14.5. The summed E-state index contributed by atoms with van der Waals surface area (Å²) in [5.41, 5.74) is 3.95. The lowest BCUT2D eigenvalue weighted by atomic mass is 9.46. The third kappa shape index (κ3) is 2.47. The minimum absolute atomic E-state index is 0.573. The van der Waals surface area contributed by atoms with Crippen molar-refractivity contribution in [2.24, 2.45) is 40.8 Å². The predicted octanol–water partition coefficient (Wildman–Crippen LogP) is 4.25. The Hall–Kier alpha value is -0.0800. The fraction of sp³-hybridized carbons (Fsp3) is 1.00. The fourth-order valence-corrected chi connectivity index (χ4v) is 7.38. The fourth-order valence-electron chi connectivity index (χ4n) is 7.38. The highest BCUT2D eigenvalue weighted by atomic mass is 15.2. The van der Waals surface area contributed by atoms with Crippen molar-refractivity contribution in [3.05, 3.63) is 0 Å². The number of hydrogen-bond donors (Lipinski definition) is 2. The summed E-state index contributed by atoms with van der Waals surface area (Å²) in [6.45, 7) is 2.38. The van der Waals surface area contributed by atoms with Crippen molar-refractivity contribution < 1.29 is 0 Å². The number of rotatable bonds is 4. The van der Waals surface area contributed by atoms with Crippen molar-refractivity contribution >= 4 is 0 Å². The summed E-state index contributed by atoms with van der Waals surface area (Å²) in [4.78, 5) is 0. The zero-order valence-electron chi connectivity index (χ0n) is 13.8. The van der Waals surface area contributed by atoms with Gasteiger partial charge in [-0.1, -0.05) is 26.2 Å². The molecule has 0 aromatic carbocycles. The van der Waals surface area contributed by atoms with Gasteiger partial charge in [0.25, 0.3) is 0 Å². The van der Waals surface area contributed by atoms with E-state index in [2.05, 4.69) is 12.3 Å². The van der Waals surface area contributed by atoms with E-state index in [4.69, 9.17) is 5.84 Å². The number of nitrogens with two attached hydrogens (primary N) is 1. The molecule has 3 atom stereocenters. The minimum Gasteiger partial charge on any atom is -0.271 e. The molecule has 3 N–H and O–H groups in total. The Morgan fingerprint density at radius 2 is 1.62 bits per heavy atom. The number of nitrogens with one attached hydrogen (secondary N) is 1. The quantitative estimate of drug-likeness (QED) is 0.600. The van der Waals surface area contributed by atoms with Crippen molar-refractivity contribution in [3.8, 4) is 0 Å². The van der Waals surface area contributed by atoms with E-state index in [0.717, 1.165) is 29.6 Å². The lowest BCUT2D eigenvalue weighted by Gasteiger charge is -2.61. The summed E-state index contributed by atoms with van der Waals surface area (Å²) in [5.74, 6) is 11.1. The van der Waals surface area contributed by atoms with Crippen LogP contribution < -0.4 is 11.3 Å². The van der Waals surface area contributed by atoms with Crippen LogP contribution in [0.4, 0.5) is 0 Å². The maximum absolute atomic E-state index is 6.16. The molecule has 2 heteroatoms. The van der Waals surface area contributed by atoms with E-state index < -0.39 is 0 Å². The van der Waals surface area contributed by atoms with Gasteiger partial charge in [-0.25, -0.2) is 0 Å². The molecule has 0 saturated heterocycles. The van der Waals surface area contributed by atoms with Gasteiger partial charge in [-0.15, -0.1) is 0 Å². The lowest BCUT2D eigenvalue weighted by molar-refractivity contribution is -0.0897. The topological polar surface area (TPSA) is 38.0 Å². The minimum atomic E-state index is 0.573. The zero-order valence-corrected chi connectivity index (χ0v) is 13.8. The highest BCUT2D eigenvalue weighted by molar-refractivity contribution is 5.07. The van der Waals surface area contributed by atoms with Gasteiger partial charge in [0.05, 0.1) is 0 Å². The highest BCUT2D eigenvalue weighted by Crippen LogP contribution is 2.62. The molecule has 5 rings (SSSR count). The molecule has 4 bridgehead atoms. The summed E-state index contributed by atoms with van der Waals surface area (Å²) in [7, 11) is 0. The molecule has 5 aliphatic carbocycles. The smallest absolute Gasteiger partial charge is 0.0295 e. The van der Waals surface area contributed by atoms with E-state index in [-0.39, 0.29) is 0 Å². The van der Waals surface area contributed by atoms with Gasteiger partial charge in [-0.3, -0.25) is 11.3 Å². The molecule has 3 unspecified atom stereocenters. The van der Waals surface area contributed by atoms with Crippen LogP contribution in [0, 0.1) is 35.0 Å². The van der Waals surface area contributed by atoms with Gasteiger partial charge in [0, 0.05) is 6.04 Å². The molecular weight excluding hydrogens is 256 g/mol. The van der Waals surface area contributed by atoms with Crippen LogP contribution in [-0.2, 0) is 0 Å². The van der Waals surface area contributed by atoms with Crippen molar-refractivity contribution in [1.82, 2.24) is 5.43 Å². The average Bonchev–Trinajstić information content (AvgIpc) is 2.46. The summed E-state index contributed by atoms with van der Waals surface area (Å²) in [6.07, 6.45) is 16.2. The molecule has 0 radical (unpaired) electrons. The maximum atomic E-state index is 6.16. The summed E-state index contributed by atoms with van der Waals surface area (Å²) < 4.78 is 0.